The van der Waals surface area contributed by atoms with Crippen molar-refractivity contribution in [2.75, 3.05) is 20.2 Å². The number of methoxy groups -OCH3 is 1. The fraction of sp³-hybridized carbons (Fsp3) is 0.500. The monoisotopic (exact) mass is 311 g/mol. The van der Waals surface area contributed by atoms with Crippen molar-refractivity contribution >= 4 is 15.9 Å². The minimum Gasteiger partial charge on any atom is -0.497 e. The zero-order chi connectivity index (χ0) is 15.7. The van der Waals surface area contributed by atoms with Crippen LogP contribution < -0.4 is 10.5 Å². The SMILES string of the molecule is COc1ccc(S(=O)(=O)N2CCC(C)(C(=N)N)CC2)cc1. The highest BCUT2D eigenvalue weighted by Crippen LogP contribution is 2.33. The van der Waals surface area contributed by atoms with Gasteiger partial charge in [-0.25, -0.2) is 8.42 Å². The standard InChI is InChI=1S/C14H21N3O3S/c1-14(13(15)16)7-9-17(10-8-14)21(18,19)12-5-3-11(20-2)4-6-12/h3-6H,7-10H2,1-2H3,(H3,15,16). The molecule has 2 rings (SSSR count). The van der Waals surface area contributed by atoms with Crippen LogP contribution >= 0.6 is 0 Å². The second kappa shape index (κ2) is 5.65. The molecule has 0 amide bonds. The number of ether oxygens (including phenoxy) is 1. The summed E-state index contributed by atoms with van der Waals surface area (Å²) in [7, 11) is -1.96. The lowest BCUT2D eigenvalue weighted by Crippen LogP contribution is -2.47. The van der Waals surface area contributed by atoms with Gasteiger partial charge in [-0.15, -0.1) is 0 Å². The number of sulfonamides is 1. The number of rotatable bonds is 4. The maximum atomic E-state index is 12.6. The van der Waals surface area contributed by atoms with Crippen molar-refractivity contribution < 1.29 is 13.2 Å². The first-order chi connectivity index (χ1) is 9.79. The molecule has 21 heavy (non-hydrogen) atoms. The summed E-state index contributed by atoms with van der Waals surface area (Å²) >= 11 is 0. The molecule has 1 aliphatic rings. The second-order valence-electron chi connectivity index (χ2n) is 5.55. The molecule has 3 N–H and O–H groups in total. The van der Waals surface area contributed by atoms with E-state index in [1.54, 1.807) is 24.3 Å². The Hall–Kier alpha value is -1.60. The summed E-state index contributed by atoms with van der Waals surface area (Å²) in [5, 5.41) is 7.61. The average molecular weight is 311 g/mol. The highest BCUT2D eigenvalue weighted by Gasteiger charge is 2.37. The fourth-order valence-corrected chi connectivity index (χ4v) is 3.83. The van der Waals surface area contributed by atoms with Gasteiger partial charge in [0.25, 0.3) is 0 Å². The van der Waals surface area contributed by atoms with Crippen LogP contribution in [0, 0.1) is 10.8 Å². The van der Waals surface area contributed by atoms with Crippen molar-refractivity contribution in [2.24, 2.45) is 11.1 Å². The van der Waals surface area contributed by atoms with Gasteiger partial charge in [0, 0.05) is 18.5 Å². The van der Waals surface area contributed by atoms with E-state index in [1.165, 1.54) is 11.4 Å². The number of hydrogen-bond donors (Lipinski definition) is 2. The first-order valence-corrected chi connectivity index (χ1v) is 8.22. The molecule has 6 nitrogen and oxygen atoms in total. The molecular formula is C14H21N3O3S. The largest absolute Gasteiger partial charge is 0.497 e. The molecule has 0 bridgehead atoms. The molecule has 0 atom stereocenters. The zero-order valence-electron chi connectivity index (χ0n) is 12.3. The molecule has 1 aromatic carbocycles. The Morgan fingerprint density at radius 2 is 1.81 bits per heavy atom. The number of hydrogen-bond acceptors (Lipinski definition) is 4. The Kier molecular flexibility index (Phi) is 4.25. The van der Waals surface area contributed by atoms with Gasteiger partial charge < -0.3 is 10.5 Å². The Bertz CT molecular complexity index is 617. The average Bonchev–Trinajstić information content (AvgIpc) is 2.47. The summed E-state index contributed by atoms with van der Waals surface area (Å²) in [6, 6.07) is 6.37. The first-order valence-electron chi connectivity index (χ1n) is 6.78. The van der Waals surface area contributed by atoms with Gasteiger partial charge in [-0.05, 0) is 37.1 Å². The highest BCUT2D eigenvalue weighted by atomic mass is 32.2. The number of nitrogens with two attached hydrogens (primary N) is 1. The first kappa shape index (κ1) is 15.8. The van der Waals surface area contributed by atoms with Crippen molar-refractivity contribution in [2.45, 2.75) is 24.7 Å². The summed E-state index contributed by atoms with van der Waals surface area (Å²) in [6.45, 7) is 2.67. The maximum absolute atomic E-state index is 12.6. The number of benzene rings is 1. The number of nitrogens with one attached hydrogen (secondary N) is 1. The van der Waals surface area contributed by atoms with Crippen LogP contribution in [0.15, 0.2) is 29.2 Å². The van der Waals surface area contributed by atoms with Crippen LogP contribution in [0.5, 0.6) is 5.75 Å². The quantitative estimate of drug-likeness (QED) is 0.649. The van der Waals surface area contributed by atoms with E-state index in [0.29, 0.717) is 31.7 Å². The van der Waals surface area contributed by atoms with E-state index in [1.807, 2.05) is 6.92 Å². The molecule has 116 valence electrons. The molecule has 1 aromatic rings. The molecule has 0 spiro atoms. The molecule has 0 unspecified atom stereocenters. The minimum atomic E-state index is -3.50. The van der Waals surface area contributed by atoms with Crippen LogP contribution in [0.3, 0.4) is 0 Å². The molecule has 1 saturated heterocycles. The third kappa shape index (κ3) is 3.03. The van der Waals surface area contributed by atoms with E-state index in [9.17, 15) is 8.42 Å². The van der Waals surface area contributed by atoms with E-state index in [-0.39, 0.29) is 10.7 Å². The summed E-state index contributed by atoms with van der Waals surface area (Å²) in [6.07, 6.45) is 1.13. The predicted octanol–water partition coefficient (Wildman–Crippen LogP) is 1.42. The molecule has 7 heteroatoms. The topological polar surface area (TPSA) is 96.5 Å². The molecular weight excluding hydrogens is 290 g/mol. The molecule has 0 saturated carbocycles. The highest BCUT2D eigenvalue weighted by molar-refractivity contribution is 7.89. The Balaban J connectivity index is 2.16. The lowest BCUT2D eigenvalue weighted by atomic mass is 9.80. The summed E-state index contributed by atoms with van der Waals surface area (Å²) in [4.78, 5) is 0.259. The predicted molar refractivity (Wildman–Crippen MR) is 81.0 cm³/mol. The van der Waals surface area contributed by atoms with Crippen LogP contribution in [-0.2, 0) is 10.0 Å². The molecule has 0 aromatic heterocycles. The van der Waals surface area contributed by atoms with E-state index < -0.39 is 15.4 Å². The molecule has 1 fully saturated rings. The van der Waals surface area contributed by atoms with Crippen LogP contribution in [-0.4, -0.2) is 38.8 Å². The van der Waals surface area contributed by atoms with Crippen molar-refractivity contribution in [1.29, 1.82) is 5.41 Å². The Morgan fingerprint density at radius 1 is 1.29 bits per heavy atom. The molecule has 0 radical (unpaired) electrons. The third-order valence-corrected chi connectivity index (χ3v) is 6.09. The van der Waals surface area contributed by atoms with Gasteiger partial charge in [0.15, 0.2) is 0 Å². The smallest absolute Gasteiger partial charge is 0.243 e. The number of piperidine rings is 1. The van der Waals surface area contributed by atoms with Crippen molar-refractivity contribution in [1.82, 2.24) is 4.31 Å². The molecule has 1 aliphatic heterocycles. The van der Waals surface area contributed by atoms with E-state index >= 15 is 0 Å². The summed E-state index contributed by atoms with van der Waals surface area (Å²) < 4.78 is 31.6. The maximum Gasteiger partial charge on any atom is 0.243 e. The van der Waals surface area contributed by atoms with E-state index in [0.717, 1.165) is 0 Å². The van der Waals surface area contributed by atoms with Crippen molar-refractivity contribution in [3.8, 4) is 5.75 Å². The normalized spacial score (nSPS) is 19.1. The van der Waals surface area contributed by atoms with E-state index in [4.69, 9.17) is 15.9 Å². The Morgan fingerprint density at radius 3 is 2.24 bits per heavy atom. The number of amidine groups is 1. The van der Waals surface area contributed by atoms with Gasteiger partial charge in [0.1, 0.15) is 5.75 Å². The Labute approximate surface area is 125 Å². The lowest BCUT2D eigenvalue weighted by Gasteiger charge is -2.37. The third-order valence-electron chi connectivity index (χ3n) is 4.17. The van der Waals surface area contributed by atoms with Gasteiger partial charge in [-0.3, -0.25) is 5.41 Å². The van der Waals surface area contributed by atoms with Crippen LogP contribution in [0.25, 0.3) is 0 Å². The van der Waals surface area contributed by atoms with Crippen LogP contribution in [0.1, 0.15) is 19.8 Å². The van der Waals surface area contributed by atoms with Crippen LogP contribution in [0.4, 0.5) is 0 Å². The van der Waals surface area contributed by atoms with Crippen molar-refractivity contribution in [3.63, 3.8) is 0 Å². The van der Waals surface area contributed by atoms with Gasteiger partial charge in [0.05, 0.1) is 17.8 Å². The lowest BCUT2D eigenvalue weighted by molar-refractivity contribution is 0.240. The van der Waals surface area contributed by atoms with Crippen molar-refractivity contribution in [3.05, 3.63) is 24.3 Å². The summed E-state index contributed by atoms with van der Waals surface area (Å²) in [5.74, 6) is 0.751. The minimum absolute atomic E-state index is 0.129. The second-order valence-corrected chi connectivity index (χ2v) is 7.49. The molecule has 0 aliphatic carbocycles. The molecule has 1 heterocycles. The zero-order valence-corrected chi connectivity index (χ0v) is 13.1. The fourth-order valence-electron chi connectivity index (χ4n) is 2.39. The number of nitrogens with zero attached hydrogens (tertiary/aromatic N) is 1. The van der Waals surface area contributed by atoms with Gasteiger partial charge in [-0.1, -0.05) is 6.92 Å². The summed E-state index contributed by atoms with van der Waals surface area (Å²) in [5.41, 5.74) is 5.20. The van der Waals surface area contributed by atoms with Gasteiger partial charge in [-0.2, -0.15) is 4.31 Å². The van der Waals surface area contributed by atoms with Gasteiger partial charge in [0.2, 0.25) is 10.0 Å². The van der Waals surface area contributed by atoms with Crippen LogP contribution in [0.2, 0.25) is 0 Å². The van der Waals surface area contributed by atoms with E-state index in [2.05, 4.69) is 0 Å². The van der Waals surface area contributed by atoms with Gasteiger partial charge >= 0.3 is 0 Å².